The van der Waals surface area contributed by atoms with Crippen molar-refractivity contribution in [1.82, 2.24) is 9.88 Å². The van der Waals surface area contributed by atoms with Gasteiger partial charge < -0.3 is 5.11 Å². The standard InChI is InChI=1S/C14H20N2O2/c1-11-2-3-13(15-9-11)10-16-6-4-12(5-7-16)8-14(17)18/h2-3,9,12H,4-8,10H2,1H3,(H,17,18). The summed E-state index contributed by atoms with van der Waals surface area (Å²) in [5, 5.41) is 8.77. The van der Waals surface area contributed by atoms with Gasteiger partial charge in [0, 0.05) is 19.2 Å². The monoisotopic (exact) mass is 248 g/mol. The van der Waals surface area contributed by atoms with Crippen LogP contribution in [0.15, 0.2) is 18.3 Å². The lowest BCUT2D eigenvalue weighted by molar-refractivity contribution is -0.138. The fourth-order valence-electron chi connectivity index (χ4n) is 2.42. The maximum absolute atomic E-state index is 10.6. The van der Waals surface area contributed by atoms with E-state index in [4.69, 9.17) is 5.11 Å². The van der Waals surface area contributed by atoms with Crippen molar-refractivity contribution in [3.05, 3.63) is 29.6 Å². The zero-order chi connectivity index (χ0) is 13.0. The van der Waals surface area contributed by atoms with E-state index in [9.17, 15) is 4.79 Å². The number of nitrogens with zero attached hydrogens (tertiary/aromatic N) is 2. The Morgan fingerprint density at radius 1 is 1.44 bits per heavy atom. The van der Waals surface area contributed by atoms with Crippen molar-refractivity contribution >= 4 is 5.97 Å². The number of likely N-dealkylation sites (tertiary alicyclic amines) is 1. The van der Waals surface area contributed by atoms with Gasteiger partial charge in [0.2, 0.25) is 0 Å². The predicted octanol–water partition coefficient (Wildman–Crippen LogP) is 2.08. The van der Waals surface area contributed by atoms with E-state index in [1.807, 2.05) is 13.1 Å². The van der Waals surface area contributed by atoms with Crippen LogP contribution in [0.5, 0.6) is 0 Å². The van der Waals surface area contributed by atoms with Crippen LogP contribution in [-0.2, 0) is 11.3 Å². The minimum atomic E-state index is -0.673. The molecular formula is C14H20N2O2. The van der Waals surface area contributed by atoms with Crippen LogP contribution in [0.2, 0.25) is 0 Å². The highest BCUT2D eigenvalue weighted by Gasteiger charge is 2.21. The van der Waals surface area contributed by atoms with Gasteiger partial charge in [-0.05, 0) is 50.4 Å². The number of piperidine rings is 1. The predicted molar refractivity (Wildman–Crippen MR) is 69.2 cm³/mol. The fraction of sp³-hybridized carbons (Fsp3) is 0.571. The zero-order valence-electron chi connectivity index (χ0n) is 10.8. The Kier molecular flexibility index (Phi) is 4.31. The second kappa shape index (κ2) is 5.96. The SMILES string of the molecule is Cc1ccc(CN2CCC(CC(=O)O)CC2)nc1. The lowest BCUT2D eigenvalue weighted by Crippen LogP contribution is -2.34. The Hall–Kier alpha value is -1.42. The van der Waals surface area contributed by atoms with Crippen molar-refractivity contribution in [3.63, 3.8) is 0 Å². The van der Waals surface area contributed by atoms with Crippen LogP contribution >= 0.6 is 0 Å². The first-order valence-electron chi connectivity index (χ1n) is 6.49. The number of aromatic nitrogens is 1. The van der Waals surface area contributed by atoms with Gasteiger partial charge in [-0.3, -0.25) is 14.7 Å². The number of hydrogen-bond acceptors (Lipinski definition) is 3. The molecule has 2 rings (SSSR count). The number of rotatable bonds is 4. The molecule has 0 unspecified atom stereocenters. The molecule has 18 heavy (non-hydrogen) atoms. The number of carbonyl (C=O) groups is 1. The van der Waals surface area contributed by atoms with E-state index in [2.05, 4.69) is 22.0 Å². The van der Waals surface area contributed by atoms with Crippen LogP contribution in [0.25, 0.3) is 0 Å². The van der Waals surface area contributed by atoms with Gasteiger partial charge in [-0.15, -0.1) is 0 Å². The van der Waals surface area contributed by atoms with Crippen LogP contribution in [-0.4, -0.2) is 34.0 Å². The number of hydrogen-bond donors (Lipinski definition) is 1. The summed E-state index contributed by atoms with van der Waals surface area (Å²) >= 11 is 0. The first-order chi connectivity index (χ1) is 8.63. The normalized spacial score (nSPS) is 17.8. The summed E-state index contributed by atoms with van der Waals surface area (Å²) in [6.07, 6.45) is 4.18. The number of pyridine rings is 1. The van der Waals surface area contributed by atoms with Crippen LogP contribution in [0.3, 0.4) is 0 Å². The van der Waals surface area contributed by atoms with Crippen molar-refractivity contribution in [2.45, 2.75) is 32.7 Å². The molecule has 1 aliphatic rings. The third kappa shape index (κ3) is 3.81. The third-order valence-corrected chi connectivity index (χ3v) is 3.53. The summed E-state index contributed by atoms with van der Waals surface area (Å²) in [6, 6.07) is 4.15. The Balaban J connectivity index is 1.79. The largest absolute Gasteiger partial charge is 0.481 e. The van der Waals surface area contributed by atoms with Gasteiger partial charge in [0.1, 0.15) is 0 Å². The number of carboxylic acids is 1. The fourth-order valence-corrected chi connectivity index (χ4v) is 2.42. The Labute approximate surface area is 108 Å². The van der Waals surface area contributed by atoms with Crippen LogP contribution in [0, 0.1) is 12.8 Å². The minimum absolute atomic E-state index is 0.316. The van der Waals surface area contributed by atoms with Gasteiger partial charge in [-0.1, -0.05) is 6.07 Å². The van der Waals surface area contributed by atoms with E-state index in [-0.39, 0.29) is 0 Å². The second-order valence-electron chi connectivity index (χ2n) is 5.14. The molecule has 4 heteroatoms. The minimum Gasteiger partial charge on any atom is -0.481 e. The van der Waals surface area contributed by atoms with Gasteiger partial charge in [0.25, 0.3) is 0 Å². The molecule has 0 radical (unpaired) electrons. The molecule has 0 spiro atoms. The molecule has 0 atom stereocenters. The quantitative estimate of drug-likeness (QED) is 0.886. The Morgan fingerprint density at radius 2 is 2.17 bits per heavy atom. The second-order valence-corrected chi connectivity index (χ2v) is 5.14. The highest BCUT2D eigenvalue weighted by molar-refractivity contribution is 5.67. The lowest BCUT2D eigenvalue weighted by Gasteiger charge is -2.30. The average Bonchev–Trinajstić information content (AvgIpc) is 2.34. The maximum Gasteiger partial charge on any atom is 0.303 e. The molecule has 98 valence electrons. The molecule has 0 saturated carbocycles. The lowest BCUT2D eigenvalue weighted by atomic mass is 9.93. The first kappa shape index (κ1) is 13.0. The third-order valence-electron chi connectivity index (χ3n) is 3.53. The molecule has 2 heterocycles. The molecule has 1 aromatic heterocycles. The maximum atomic E-state index is 10.6. The summed E-state index contributed by atoms with van der Waals surface area (Å²) < 4.78 is 0. The van der Waals surface area contributed by atoms with Crippen molar-refractivity contribution < 1.29 is 9.90 Å². The average molecular weight is 248 g/mol. The molecule has 0 amide bonds. The topological polar surface area (TPSA) is 53.4 Å². The Morgan fingerprint density at radius 3 is 2.72 bits per heavy atom. The van der Waals surface area contributed by atoms with Crippen LogP contribution < -0.4 is 0 Å². The summed E-state index contributed by atoms with van der Waals surface area (Å²) in [5.74, 6) is -0.321. The molecule has 0 aliphatic carbocycles. The Bertz CT molecular complexity index is 395. The number of aryl methyl sites for hydroxylation is 1. The molecule has 1 aromatic rings. The van der Waals surface area contributed by atoms with E-state index in [1.54, 1.807) is 0 Å². The summed E-state index contributed by atoms with van der Waals surface area (Å²) in [7, 11) is 0. The molecule has 0 bridgehead atoms. The van der Waals surface area contributed by atoms with Crippen LogP contribution in [0.1, 0.15) is 30.5 Å². The van der Waals surface area contributed by atoms with Gasteiger partial charge in [0.15, 0.2) is 0 Å². The summed E-state index contributed by atoms with van der Waals surface area (Å²) in [5.41, 5.74) is 2.27. The highest BCUT2D eigenvalue weighted by atomic mass is 16.4. The van der Waals surface area contributed by atoms with Crippen molar-refractivity contribution in [2.75, 3.05) is 13.1 Å². The van der Waals surface area contributed by atoms with Gasteiger partial charge >= 0.3 is 5.97 Å². The van der Waals surface area contributed by atoms with Crippen LogP contribution in [0.4, 0.5) is 0 Å². The first-order valence-corrected chi connectivity index (χ1v) is 6.49. The summed E-state index contributed by atoms with van der Waals surface area (Å²) in [4.78, 5) is 17.4. The summed E-state index contributed by atoms with van der Waals surface area (Å²) in [6.45, 7) is 4.87. The molecule has 0 aromatic carbocycles. The molecule has 1 N–H and O–H groups in total. The molecule has 1 fully saturated rings. The van der Waals surface area contributed by atoms with E-state index in [0.717, 1.165) is 38.2 Å². The molecule has 1 saturated heterocycles. The van der Waals surface area contributed by atoms with Crippen molar-refractivity contribution in [2.24, 2.45) is 5.92 Å². The van der Waals surface area contributed by atoms with E-state index >= 15 is 0 Å². The van der Waals surface area contributed by atoms with E-state index in [1.165, 1.54) is 5.56 Å². The number of aliphatic carboxylic acids is 1. The van der Waals surface area contributed by atoms with Gasteiger partial charge in [-0.2, -0.15) is 0 Å². The molecule has 4 nitrogen and oxygen atoms in total. The number of carboxylic acid groups (broad SMARTS) is 1. The van der Waals surface area contributed by atoms with Crippen molar-refractivity contribution in [1.29, 1.82) is 0 Å². The smallest absolute Gasteiger partial charge is 0.303 e. The van der Waals surface area contributed by atoms with E-state index < -0.39 is 5.97 Å². The van der Waals surface area contributed by atoms with Crippen molar-refractivity contribution in [3.8, 4) is 0 Å². The van der Waals surface area contributed by atoms with E-state index in [0.29, 0.717) is 12.3 Å². The highest BCUT2D eigenvalue weighted by Crippen LogP contribution is 2.21. The van der Waals surface area contributed by atoms with Gasteiger partial charge in [-0.25, -0.2) is 0 Å². The molecule has 1 aliphatic heterocycles. The van der Waals surface area contributed by atoms with Gasteiger partial charge in [0.05, 0.1) is 5.69 Å². The molecular weight excluding hydrogens is 228 g/mol. The zero-order valence-corrected chi connectivity index (χ0v) is 10.8.